The Labute approximate surface area is 171 Å². The number of nitrogens with one attached hydrogen (secondary N) is 1. The maximum atomic E-state index is 14.1. The Morgan fingerprint density at radius 3 is 2.63 bits per heavy atom. The molecular weight excluding hydrogens is 389 g/mol. The third-order valence-corrected chi connectivity index (χ3v) is 4.83. The molecule has 0 unspecified atom stereocenters. The molecule has 1 fully saturated rings. The van der Waals surface area contributed by atoms with Crippen LogP contribution in [0.1, 0.15) is 20.8 Å². The van der Waals surface area contributed by atoms with E-state index in [-0.39, 0.29) is 29.4 Å². The van der Waals surface area contributed by atoms with E-state index in [0.717, 1.165) is 12.1 Å². The van der Waals surface area contributed by atoms with Gasteiger partial charge in [-0.3, -0.25) is 19.4 Å². The van der Waals surface area contributed by atoms with Crippen LogP contribution in [0, 0.1) is 5.82 Å². The predicted molar refractivity (Wildman–Crippen MR) is 107 cm³/mol. The first-order chi connectivity index (χ1) is 14.4. The van der Waals surface area contributed by atoms with Gasteiger partial charge in [-0.2, -0.15) is 0 Å². The fraction of sp³-hybridized carbons (Fsp3) is 0.190. The van der Waals surface area contributed by atoms with E-state index in [4.69, 9.17) is 0 Å². The predicted octanol–water partition coefficient (Wildman–Crippen LogP) is 1.94. The molecular formula is C21H18FN5O3. The lowest BCUT2D eigenvalue weighted by atomic mass is 10.1. The number of nitrogens with zero attached hydrogens (tertiary/aromatic N) is 4. The first-order valence-electron chi connectivity index (χ1n) is 9.28. The molecule has 0 aliphatic carbocycles. The first kappa shape index (κ1) is 19.4. The van der Waals surface area contributed by atoms with Crippen molar-refractivity contribution in [2.75, 3.05) is 32.0 Å². The number of carbonyl (C=O) groups is 3. The van der Waals surface area contributed by atoms with Crippen molar-refractivity contribution < 1.29 is 18.8 Å². The number of hydrogen-bond acceptors (Lipinski definition) is 5. The van der Waals surface area contributed by atoms with E-state index >= 15 is 0 Å². The van der Waals surface area contributed by atoms with Gasteiger partial charge in [-0.1, -0.05) is 12.1 Å². The monoisotopic (exact) mass is 407 g/mol. The van der Waals surface area contributed by atoms with Crippen LogP contribution in [0.2, 0.25) is 0 Å². The topological polar surface area (TPSA) is 95.5 Å². The molecule has 152 valence electrons. The van der Waals surface area contributed by atoms with E-state index in [0.29, 0.717) is 24.1 Å². The summed E-state index contributed by atoms with van der Waals surface area (Å²) in [6.45, 7) is 0.691. The second-order valence-corrected chi connectivity index (χ2v) is 6.97. The zero-order chi connectivity index (χ0) is 21.3. The average molecular weight is 407 g/mol. The molecule has 1 saturated heterocycles. The standard InChI is InChI=1S/C21H18FN5O3/c1-26-6-7-27(12-19(26)28)21(30)13-8-14(22)10-15(9-13)24-20(29)18-11-23-16-4-2-3-5-17(16)25-18/h2-5,8-11H,6-7,12H2,1H3,(H,24,29). The highest BCUT2D eigenvalue weighted by molar-refractivity contribution is 6.04. The maximum Gasteiger partial charge on any atom is 0.275 e. The molecule has 0 radical (unpaired) electrons. The Bertz CT molecular complexity index is 1170. The SMILES string of the molecule is CN1CCN(C(=O)c2cc(F)cc(NC(=O)c3cnc4ccccc4n3)c2)CC1=O. The van der Waals surface area contributed by atoms with Crippen LogP contribution in [0.4, 0.5) is 10.1 Å². The molecule has 0 spiro atoms. The Balaban J connectivity index is 1.54. The Hall–Kier alpha value is -3.88. The van der Waals surface area contributed by atoms with Gasteiger partial charge in [0, 0.05) is 31.4 Å². The maximum absolute atomic E-state index is 14.1. The normalized spacial score (nSPS) is 14.1. The summed E-state index contributed by atoms with van der Waals surface area (Å²) in [6, 6.07) is 10.7. The quantitative estimate of drug-likeness (QED) is 0.716. The molecule has 1 aromatic heterocycles. The number of amides is 3. The van der Waals surface area contributed by atoms with Crippen molar-refractivity contribution >= 4 is 34.4 Å². The third-order valence-electron chi connectivity index (χ3n) is 4.83. The van der Waals surface area contributed by atoms with Crippen molar-refractivity contribution in [3.8, 4) is 0 Å². The number of rotatable bonds is 3. The number of anilines is 1. The first-order valence-corrected chi connectivity index (χ1v) is 9.28. The highest BCUT2D eigenvalue weighted by Crippen LogP contribution is 2.18. The molecule has 3 amide bonds. The number of halogens is 1. The Morgan fingerprint density at radius 2 is 1.87 bits per heavy atom. The highest BCUT2D eigenvalue weighted by Gasteiger charge is 2.26. The number of carbonyl (C=O) groups excluding carboxylic acids is 3. The fourth-order valence-electron chi connectivity index (χ4n) is 3.16. The van der Waals surface area contributed by atoms with E-state index in [9.17, 15) is 18.8 Å². The summed E-state index contributed by atoms with van der Waals surface area (Å²) in [6.07, 6.45) is 1.33. The zero-order valence-electron chi connectivity index (χ0n) is 16.1. The van der Waals surface area contributed by atoms with Gasteiger partial charge < -0.3 is 15.1 Å². The lowest BCUT2D eigenvalue weighted by Gasteiger charge is -2.32. The molecule has 0 atom stereocenters. The van der Waals surface area contributed by atoms with Crippen LogP contribution >= 0.6 is 0 Å². The number of fused-ring (bicyclic) bond motifs is 1. The van der Waals surface area contributed by atoms with Crippen LogP contribution in [0.5, 0.6) is 0 Å². The van der Waals surface area contributed by atoms with Crippen molar-refractivity contribution in [1.82, 2.24) is 19.8 Å². The van der Waals surface area contributed by atoms with Gasteiger partial charge in [0.05, 0.1) is 17.2 Å². The van der Waals surface area contributed by atoms with Gasteiger partial charge in [-0.15, -0.1) is 0 Å². The van der Waals surface area contributed by atoms with Crippen molar-refractivity contribution in [3.05, 3.63) is 65.7 Å². The van der Waals surface area contributed by atoms with Gasteiger partial charge in [0.15, 0.2) is 0 Å². The van der Waals surface area contributed by atoms with Crippen molar-refractivity contribution in [2.24, 2.45) is 0 Å². The van der Waals surface area contributed by atoms with Crippen LogP contribution in [-0.4, -0.2) is 64.2 Å². The Kier molecular flexibility index (Phi) is 5.09. The Morgan fingerprint density at radius 1 is 1.10 bits per heavy atom. The van der Waals surface area contributed by atoms with Gasteiger partial charge in [0.2, 0.25) is 5.91 Å². The molecule has 0 bridgehead atoms. The molecule has 3 aromatic rings. The molecule has 2 heterocycles. The molecule has 9 heteroatoms. The van der Waals surface area contributed by atoms with Crippen molar-refractivity contribution in [1.29, 1.82) is 0 Å². The second-order valence-electron chi connectivity index (χ2n) is 6.97. The van der Waals surface area contributed by atoms with Crippen LogP contribution < -0.4 is 5.32 Å². The lowest BCUT2D eigenvalue weighted by molar-refractivity contribution is -0.133. The number of hydrogen-bond donors (Lipinski definition) is 1. The van der Waals surface area contributed by atoms with Crippen LogP contribution in [0.15, 0.2) is 48.7 Å². The van der Waals surface area contributed by atoms with E-state index in [1.807, 2.05) is 6.07 Å². The second kappa shape index (κ2) is 7.86. The smallest absolute Gasteiger partial charge is 0.275 e. The molecule has 1 aliphatic rings. The number of likely N-dealkylation sites (N-methyl/N-ethyl adjacent to an activating group) is 1. The van der Waals surface area contributed by atoms with Gasteiger partial charge in [0.25, 0.3) is 11.8 Å². The van der Waals surface area contributed by atoms with Crippen LogP contribution in [0.3, 0.4) is 0 Å². The number of piperazine rings is 1. The zero-order valence-corrected chi connectivity index (χ0v) is 16.1. The van der Waals surface area contributed by atoms with Gasteiger partial charge >= 0.3 is 0 Å². The lowest BCUT2D eigenvalue weighted by Crippen LogP contribution is -2.50. The molecule has 1 N–H and O–H groups in total. The van der Waals surface area contributed by atoms with E-state index < -0.39 is 17.6 Å². The van der Waals surface area contributed by atoms with Crippen molar-refractivity contribution in [2.45, 2.75) is 0 Å². The molecule has 1 aliphatic heterocycles. The van der Waals surface area contributed by atoms with Crippen LogP contribution in [-0.2, 0) is 4.79 Å². The summed E-state index contributed by atoms with van der Waals surface area (Å²) in [7, 11) is 1.66. The number of benzene rings is 2. The van der Waals surface area contributed by atoms with Gasteiger partial charge in [0.1, 0.15) is 18.1 Å². The largest absolute Gasteiger partial charge is 0.342 e. The number of para-hydroxylation sites is 2. The fourth-order valence-corrected chi connectivity index (χ4v) is 3.16. The minimum atomic E-state index is -0.679. The molecule has 2 aromatic carbocycles. The summed E-state index contributed by atoms with van der Waals surface area (Å²) in [4.78, 5) is 48.5. The van der Waals surface area contributed by atoms with Gasteiger partial charge in [-0.25, -0.2) is 9.37 Å². The van der Waals surface area contributed by atoms with Crippen molar-refractivity contribution in [3.63, 3.8) is 0 Å². The molecule has 8 nitrogen and oxygen atoms in total. The average Bonchev–Trinajstić information content (AvgIpc) is 2.74. The summed E-state index contributed by atoms with van der Waals surface area (Å²) in [5.74, 6) is -1.92. The summed E-state index contributed by atoms with van der Waals surface area (Å²) >= 11 is 0. The van der Waals surface area contributed by atoms with E-state index in [1.165, 1.54) is 22.1 Å². The minimum Gasteiger partial charge on any atom is -0.342 e. The molecule has 30 heavy (non-hydrogen) atoms. The van der Waals surface area contributed by atoms with Crippen LogP contribution in [0.25, 0.3) is 11.0 Å². The molecule has 4 rings (SSSR count). The summed E-state index contributed by atoms with van der Waals surface area (Å²) in [5.41, 5.74) is 1.43. The number of aromatic nitrogens is 2. The summed E-state index contributed by atoms with van der Waals surface area (Å²) in [5, 5.41) is 2.55. The molecule has 0 saturated carbocycles. The van der Waals surface area contributed by atoms with Gasteiger partial charge in [-0.05, 0) is 30.3 Å². The summed E-state index contributed by atoms with van der Waals surface area (Å²) < 4.78 is 14.1. The third kappa shape index (κ3) is 3.95. The highest BCUT2D eigenvalue weighted by atomic mass is 19.1. The van der Waals surface area contributed by atoms with E-state index in [2.05, 4.69) is 15.3 Å². The minimum absolute atomic E-state index is 0.0484. The van der Waals surface area contributed by atoms with E-state index in [1.54, 1.807) is 25.2 Å².